The molecular formula is C18H30FNO3. The minimum absolute atomic E-state index is 0.0101. The van der Waals surface area contributed by atoms with E-state index in [9.17, 15) is 9.50 Å². The lowest BCUT2D eigenvalue weighted by molar-refractivity contribution is 0.186. The van der Waals surface area contributed by atoms with Gasteiger partial charge in [-0.05, 0) is 49.3 Å². The molecule has 0 aliphatic heterocycles. The summed E-state index contributed by atoms with van der Waals surface area (Å²) >= 11 is 0. The third-order valence-corrected chi connectivity index (χ3v) is 3.92. The number of nitrogens with two attached hydrogens (primary N) is 1. The molecular weight excluding hydrogens is 297 g/mol. The molecule has 0 spiro atoms. The number of hydrogen-bond donors (Lipinski definition) is 2. The standard InChI is InChI=1S/C18H30FNO3/c1-4-6-22-17-9-14(8-13(3)15(11-20)12-21)16(19)10-18(17)23-7-5-2/h9-10,13,15,21H,4-8,11-12,20H2,1-3H3. The second-order valence-corrected chi connectivity index (χ2v) is 5.95. The Morgan fingerprint density at radius 2 is 1.70 bits per heavy atom. The van der Waals surface area contributed by atoms with Gasteiger partial charge in [0.15, 0.2) is 11.5 Å². The van der Waals surface area contributed by atoms with Crippen molar-refractivity contribution < 1.29 is 19.0 Å². The van der Waals surface area contributed by atoms with E-state index in [1.165, 1.54) is 6.07 Å². The van der Waals surface area contributed by atoms with E-state index in [-0.39, 0.29) is 24.3 Å². The molecule has 2 atom stereocenters. The number of benzene rings is 1. The largest absolute Gasteiger partial charge is 0.490 e. The van der Waals surface area contributed by atoms with Gasteiger partial charge in [0, 0.05) is 12.7 Å². The summed E-state index contributed by atoms with van der Waals surface area (Å²) in [7, 11) is 0. The Labute approximate surface area is 138 Å². The fourth-order valence-electron chi connectivity index (χ4n) is 2.38. The Bertz CT molecular complexity index is 464. The Kier molecular flexibility index (Phi) is 8.95. The van der Waals surface area contributed by atoms with Crippen molar-refractivity contribution in [3.63, 3.8) is 0 Å². The van der Waals surface area contributed by atoms with Crippen LogP contribution in [0.2, 0.25) is 0 Å². The molecule has 1 rings (SSSR count). The number of hydrogen-bond acceptors (Lipinski definition) is 4. The second kappa shape index (κ2) is 10.4. The molecule has 0 bridgehead atoms. The topological polar surface area (TPSA) is 64.7 Å². The second-order valence-electron chi connectivity index (χ2n) is 5.95. The smallest absolute Gasteiger partial charge is 0.164 e. The highest BCUT2D eigenvalue weighted by molar-refractivity contribution is 5.44. The highest BCUT2D eigenvalue weighted by Gasteiger charge is 2.19. The molecule has 0 aromatic heterocycles. The number of aliphatic hydroxyl groups is 1. The molecule has 132 valence electrons. The summed E-state index contributed by atoms with van der Waals surface area (Å²) in [4.78, 5) is 0. The maximum absolute atomic E-state index is 14.4. The molecule has 0 saturated heterocycles. The van der Waals surface area contributed by atoms with Crippen LogP contribution >= 0.6 is 0 Å². The van der Waals surface area contributed by atoms with Gasteiger partial charge in [-0.1, -0.05) is 20.8 Å². The van der Waals surface area contributed by atoms with Crippen LogP contribution in [0.5, 0.6) is 11.5 Å². The van der Waals surface area contributed by atoms with Crippen molar-refractivity contribution in [1.82, 2.24) is 0 Å². The lowest BCUT2D eigenvalue weighted by Crippen LogP contribution is -2.26. The molecule has 0 aliphatic carbocycles. The molecule has 0 radical (unpaired) electrons. The first-order valence-corrected chi connectivity index (χ1v) is 8.46. The molecule has 0 fully saturated rings. The minimum Gasteiger partial charge on any atom is -0.490 e. The Morgan fingerprint density at radius 3 is 2.17 bits per heavy atom. The van der Waals surface area contributed by atoms with Gasteiger partial charge in [0.1, 0.15) is 5.82 Å². The van der Waals surface area contributed by atoms with Crippen molar-refractivity contribution in [3.8, 4) is 11.5 Å². The Balaban J connectivity index is 2.98. The lowest BCUT2D eigenvalue weighted by atomic mass is 9.88. The van der Waals surface area contributed by atoms with Crippen LogP contribution in [0.3, 0.4) is 0 Å². The molecule has 3 N–H and O–H groups in total. The Morgan fingerprint density at radius 1 is 1.13 bits per heavy atom. The summed E-state index contributed by atoms with van der Waals surface area (Å²) in [5.41, 5.74) is 6.22. The fourth-order valence-corrected chi connectivity index (χ4v) is 2.38. The van der Waals surface area contributed by atoms with Crippen molar-refractivity contribution in [2.45, 2.75) is 40.0 Å². The van der Waals surface area contributed by atoms with E-state index < -0.39 is 0 Å². The first kappa shape index (κ1) is 19.7. The first-order valence-electron chi connectivity index (χ1n) is 8.46. The average molecular weight is 327 g/mol. The van der Waals surface area contributed by atoms with Crippen LogP contribution in [-0.4, -0.2) is 31.5 Å². The van der Waals surface area contributed by atoms with E-state index in [0.29, 0.717) is 43.2 Å². The van der Waals surface area contributed by atoms with Gasteiger partial charge in [0.25, 0.3) is 0 Å². The quantitative estimate of drug-likeness (QED) is 0.655. The van der Waals surface area contributed by atoms with E-state index in [4.69, 9.17) is 15.2 Å². The number of rotatable bonds is 11. The SMILES string of the molecule is CCCOc1cc(F)c(CC(C)C(CN)CO)cc1OCCC. The minimum atomic E-state index is -0.305. The fraction of sp³-hybridized carbons (Fsp3) is 0.667. The zero-order valence-corrected chi connectivity index (χ0v) is 14.5. The molecule has 1 aromatic rings. The van der Waals surface area contributed by atoms with Gasteiger partial charge in [-0.2, -0.15) is 0 Å². The van der Waals surface area contributed by atoms with Crippen molar-refractivity contribution in [3.05, 3.63) is 23.5 Å². The van der Waals surface area contributed by atoms with Crippen LogP contribution in [0.4, 0.5) is 4.39 Å². The average Bonchev–Trinajstić information content (AvgIpc) is 2.54. The monoisotopic (exact) mass is 327 g/mol. The number of aliphatic hydroxyl groups excluding tert-OH is 1. The van der Waals surface area contributed by atoms with Gasteiger partial charge < -0.3 is 20.3 Å². The number of halogens is 1. The lowest BCUT2D eigenvalue weighted by Gasteiger charge is -2.21. The first-order chi connectivity index (χ1) is 11.1. The van der Waals surface area contributed by atoms with Crippen LogP contribution < -0.4 is 15.2 Å². The van der Waals surface area contributed by atoms with Crippen molar-refractivity contribution in [2.75, 3.05) is 26.4 Å². The predicted octanol–water partition coefficient (Wildman–Crippen LogP) is 3.15. The van der Waals surface area contributed by atoms with Gasteiger partial charge >= 0.3 is 0 Å². The van der Waals surface area contributed by atoms with Crippen LogP contribution in [0.25, 0.3) is 0 Å². The third-order valence-electron chi connectivity index (χ3n) is 3.92. The summed E-state index contributed by atoms with van der Waals surface area (Å²) in [6.07, 6.45) is 2.23. The molecule has 1 aromatic carbocycles. The molecule has 0 aliphatic rings. The number of ether oxygens (including phenoxy) is 2. The van der Waals surface area contributed by atoms with Crippen LogP contribution in [0.15, 0.2) is 12.1 Å². The van der Waals surface area contributed by atoms with Crippen LogP contribution in [0.1, 0.15) is 39.2 Å². The summed E-state index contributed by atoms with van der Waals surface area (Å²) < 4.78 is 25.7. The summed E-state index contributed by atoms with van der Waals surface area (Å²) in [6, 6.07) is 3.12. The zero-order chi connectivity index (χ0) is 17.2. The molecule has 0 saturated carbocycles. The summed E-state index contributed by atoms with van der Waals surface area (Å²) in [5, 5.41) is 9.34. The summed E-state index contributed by atoms with van der Waals surface area (Å²) in [5.74, 6) is 0.774. The van der Waals surface area contributed by atoms with E-state index in [1.807, 2.05) is 20.8 Å². The van der Waals surface area contributed by atoms with Gasteiger partial charge in [0.05, 0.1) is 13.2 Å². The van der Waals surface area contributed by atoms with Crippen molar-refractivity contribution in [1.29, 1.82) is 0 Å². The molecule has 0 heterocycles. The summed E-state index contributed by atoms with van der Waals surface area (Å²) in [6.45, 7) is 7.48. The molecule has 5 heteroatoms. The highest BCUT2D eigenvalue weighted by Crippen LogP contribution is 2.32. The van der Waals surface area contributed by atoms with Crippen molar-refractivity contribution >= 4 is 0 Å². The molecule has 0 amide bonds. The molecule has 2 unspecified atom stereocenters. The predicted molar refractivity (Wildman–Crippen MR) is 90.5 cm³/mol. The maximum Gasteiger partial charge on any atom is 0.164 e. The van der Waals surface area contributed by atoms with E-state index in [2.05, 4.69) is 0 Å². The van der Waals surface area contributed by atoms with Gasteiger partial charge in [-0.3, -0.25) is 0 Å². The zero-order valence-electron chi connectivity index (χ0n) is 14.5. The third kappa shape index (κ3) is 5.99. The van der Waals surface area contributed by atoms with E-state index >= 15 is 0 Å². The van der Waals surface area contributed by atoms with Gasteiger partial charge in [0.2, 0.25) is 0 Å². The van der Waals surface area contributed by atoms with Crippen molar-refractivity contribution in [2.24, 2.45) is 17.6 Å². The van der Waals surface area contributed by atoms with E-state index in [0.717, 1.165) is 12.8 Å². The highest BCUT2D eigenvalue weighted by atomic mass is 19.1. The maximum atomic E-state index is 14.4. The molecule has 23 heavy (non-hydrogen) atoms. The van der Waals surface area contributed by atoms with Crippen LogP contribution in [0, 0.1) is 17.7 Å². The van der Waals surface area contributed by atoms with Crippen LogP contribution in [-0.2, 0) is 6.42 Å². The Hall–Kier alpha value is -1.33. The van der Waals surface area contributed by atoms with E-state index in [1.54, 1.807) is 6.07 Å². The molecule has 4 nitrogen and oxygen atoms in total. The van der Waals surface area contributed by atoms with Gasteiger partial charge in [-0.15, -0.1) is 0 Å². The van der Waals surface area contributed by atoms with Gasteiger partial charge in [-0.25, -0.2) is 4.39 Å². The normalized spacial score (nSPS) is 13.7.